The number of amides is 2. The van der Waals surface area contributed by atoms with Gasteiger partial charge in [-0.1, -0.05) is 13.3 Å². The van der Waals surface area contributed by atoms with Gasteiger partial charge in [-0.2, -0.15) is 0 Å². The molecule has 114 valence electrons. The van der Waals surface area contributed by atoms with Gasteiger partial charge in [0.25, 0.3) is 0 Å². The summed E-state index contributed by atoms with van der Waals surface area (Å²) in [5.74, 6) is 0.453. The molecule has 2 aliphatic rings. The van der Waals surface area contributed by atoms with Crippen molar-refractivity contribution in [2.24, 2.45) is 11.8 Å². The standard InChI is InChI=1S/C15H27N3O2/c1-3-5-11(2)17-14(19)12-6-4-7-18(10-12)15(20)13-8-16-9-13/h11-13,16H,3-10H2,1-2H3,(H,17,19). The normalized spacial score (nSPS) is 24.9. The molecule has 0 aromatic rings. The second-order valence-corrected chi connectivity index (χ2v) is 6.18. The molecule has 2 heterocycles. The molecule has 0 aromatic heterocycles. The zero-order valence-electron chi connectivity index (χ0n) is 12.7. The van der Waals surface area contributed by atoms with Crippen LogP contribution in [0.1, 0.15) is 39.5 Å². The maximum atomic E-state index is 12.2. The van der Waals surface area contributed by atoms with Crippen LogP contribution in [-0.2, 0) is 9.59 Å². The number of nitrogens with one attached hydrogen (secondary N) is 2. The first-order valence-corrected chi connectivity index (χ1v) is 7.91. The molecule has 2 N–H and O–H groups in total. The summed E-state index contributed by atoms with van der Waals surface area (Å²) in [5.41, 5.74) is 0. The molecular weight excluding hydrogens is 254 g/mol. The lowest BCUT2D eigenvalue weighted by atomic mass is 9.94. The predicted octanol–water partition coefficient (Wildman–Crippen LogP) is 0.749. The fourth-order valence-corrected chi connectivity index (χ4v) is 2.98. The Morgan fingerprint density at radius 3 is 2.70 bits per heavy atom. The number of rotatable bonds is 5. The topological polar surface area (TPSA) is 61.4 Å². The average molecular weight is 281 g/mol. The minimum absolute atomic E-state index is 0.0277. The molecule has 0 spiro atoms. The average Bonchev–Trinajstić information content (AvgIpc) is 2.37. The Morgan fingerprint density at radius 2 is 2.10 bits per heavy atom. The van der Waals surface area contributed by atoms with Crippen LogP contribution in [0.15, 0.2) is 0 Å². The van der Waals surface area contributed by atoms with Gasteiger partial charge in [-0.15, -0.1) is 0 Å². The van der Waals surface area contributed by atoms with Crippen molar-refractivity contribution in [3.05, 3.63) is 0 Å². The third-order valence-corrected chi connectivity index (χ3v) is 4.34. The number of likely N-dealkylation sites (tertiary alicyclic amines) is 1. The van der Waals surface area contributed by atoms with E-state index in [0.29, 0.717) is 6.54 Å². The van der Waals surface area contributed by atoms with E-state index in [1.165, 1.54) is 0 Å². The Bertz CT molecular complexity index is 355. The van der Waals surface area contributed by atoms with E-state index in [0.717, 1.165) is 45.3 Å². The molecule has 20 heavy (non-hydrogen) atoms. The van der Waals surface area contributed by atoms with Gasteiger partial charge in [0.2, 0.25) is 11.8 Å². The van der Waals surface area contributed by atoms with E-state index in [9.17, 15) is 9.59 Å². The second-order valence-electron chi connectivity index (χ2n) is 6.18. The summed E-state index contributed by atoms with van der Waals surface area (Å²) in [5, 5.41) is 6.21. The Morgan fingerprint density at radius 1 is 1.35 bits per heavy atom. The zero-order valence-corrected chi connectivity index (χ0v) is 12.7. The molecule has 0 aromatic carbocycles. The quantitative estimate of drug-likeness (QED) is 0.782. The van der Waals surface area contributed by atoms with Gasteiger partial charge in [0.05, 0.1) is 11.8 Å². The van der Waals surface area contributed by atoms with Crippen LogP contribution in [0.4, 0.5) is 0 Å². The summed E-state index contributed by atoms with van der Waals surface area (Å²) in [4.78, 5) is 26.4. The van der Waals surface area contributed by atoms with Crippen molar-refractivity contribution in [2.75, 3.05) is 26.2 Å². The molecule has 2 rings (SSSR count). The smallest absolute Gasteiger partial charge is 0.228 e. The summed E-state index contributed by atoms with van der Waals surface area (Å²) in [6, 6.07) is 0.231. The molecule has 5 heteroatoms. The van der Waals surface area contributed by atoms with E-state index in [-0.39, 0.29) is 29.7 Å². The molecule has 0 radical (unpaired) electrons. The minimum atomic E-state index is -0.0277. The third-order valence-electron chi connectivity index (χ3n) is 4.34. The first-order valence-electron chi connectivity index (χ1n) is 7.91. The molecule has 2 fully saturated rings. The van der Waals surface area contributed by atoms with Crippen molar-refractivity contribution in [1.29, 1.82) is 0 Å². The van der Waals surface area contributed by atoms with Crippen LogP contribution < -0.4 is 10.6 Å². The molecule has 2 atom stereocenters. The number of piperidine rings is 1. The predicted molar refractivity (Wildman–Crippen MR) is 78.2 cm³/mol. The van der Waals surface area contributed by atoms with Crippen LogP contribution in [0.3, 0.4) is 0 Å². The Balaban J connectivity index is 1.82. The molecular formula is C15H27N3O2. The Hall–Kier alpha value is -1.10. The van der Waals surface area contributed by atoms with E-state index < -0.39 is 0 Å². The Labute approximate surface area is 121 Å². The van der Waals surface area contributed by atoms with Crippen molar-refractivity contribution >= 4 is 11.8 Å². The lowest BCUT2D eigenvalue weighted by Crippen LogP contribution is -2.55. The Kier molecular flexibility index (Phi) is 5.40. The lowest BCUT2D eigenvalue weighted by molar-refractivity contribution is -0.140. The highest BCUT2D eigenvalue weighted by atomic mass is 16.2. The van der Waals surface area contributed by atoms with Gasteiger partial charge in [0.1, 0.15) is 0 Å². The van der Waals surface area contributed by atoms with Crippen LogP contribution >= 0.6 is 0 Å². The van der Waals surface area contributed by atoms with Crippen LogP contribution in [0.2, 0.25) is 0 Å². The van der Waals surface area contributed by atoms with Gasteiger partial charge in [0.15, 0.2) is 0 Å². The van der Waals surface area contributed by atoms with Crippen LogP contribution in [0, 0.1) is 11.8 Å². The van der Waals surface area contributed by atoms with Gasteiger partial charge >= 0.3 is 0 Å². The maximum absolute atomic E-state index is 12.2. The summed E-state index contributed by atoms with van der Waals surface area (Å²) in [6.07, 6.45) is 3.92. The monoisotopic (exact) mass is 281 g/mol. The van der Waals surface area contributed by atoms with Crippen LogP contribution in [-0.4, -0.2) is 48.9 Å². The zero-order chi connectivity index (χ0) is 14.5. The van der Waals surface area contributed by atoms with E-state index >= 15 is 0 Å². The van der Waals surface area contributed by atoms with Crippen molar-refractivity contribution < 1.29 is 9.59 Å². The molecule has 2 aliphatic heterocycles. The number of nitrogens with zero attached hydrogens (tertiary/aromatic N) is 1. The highest BCUT2D eigenvalue weighted by Crippen LogP contribution is 2.20. The largest absolute Gasteiger partial charge is 0.353 e. The molecule has 0 bridgehead atoms. The van der Waals surface area contributed by atoms with Crippen molar-refractivity contribution in [3.8, 4) is 0 Å². The highest BCUT2D eigenvalue weighted by molar-refractivity contribution is 5.83. The summed E-state index contributed by atoms with van der Waals surface area (Å²) < 4.78 is 0. The maximum Gasteiger partial charge on any atom is 0.228 e. The van der Waals surface area contributed by atoms with Gasteiger partial charge in [0, 0.05) is 32.2 Å². The SMILES string of the molecule is CCCC(C)NC(=O)C1CCCN(C(=O)C2CNC2)C1. The fourth-order valence-electron chi connectivity index (χ4n) is 2.98. The number of carbonyl (C=O) groups excluding carboxylic acids is 2. The van der Waals surface area contributed by atoms with E-state index in [2.05, 4.69) is 17.6 Å². The molecule has 2 amide bonds. The highest BCUT2D eigenvalue weighted by Gasteiger charge is 2.34. The van der Waals surface area contributed by atoms with E-state index in [4.69, 9.17) is 0 Å². The lowest BCUT2D eigenvalue weighted by Gasteiger charge is -2.37. The first kappa shape index (κ1) is 15.3. The minimum Gasteiger partial charge on any atom is -0.353 e. The molecule has 0 saturated carbocycles. The third kappa shape index (κ3) is 3.72. The summed E-state index contributed by atoms with van der Waals surface area (Å²) >= 11 is 0. The van der Waals surface area contributed by atoms with Crippen molar-refractivity contribution in [2.45, 2.75) is 45.6 Å². The van der Waals surface area contributed by atoms with Crippen molar-refractivity contribution in [3.63, 3.8) is 0 Å². The van der Waals surface area contributed by atoms with Gasteiger partial charge in [-0.25, -0.2) is 0 Å². The summed E-state index contributed by atoms with van der Waals surface area (Å²) in [6.45, 7) is 7.16. The molecule has 2 unspecified atom stereocenters. The number of hydrogen-bond donors (Lipinski definition) is 2. The number of hydrogen-bond acceptors (Lipinski definition) is 3. The summed E-state index contributed by atoms with van der Waals surface area (Å²) in [7, 11) is 0. The first-order chi connectivity index (χ1) is 9.61. The van der Waals surface area contributed by atoms with Crippen LogP contribution in [0.5, 0.6) is 0 Å². The van der Waals surface area contributed by atoms with Crippen LogP contribution in [0.25, 0.3) is 0 Å². The fraction of sp³-hybridized carbons (Fsp3) is 0.867. The van der Waals surface area contributed by atoms with Gasteiger partial charge in [-0.05, 0) is 26.2 Å². The van der Waals surface area contributed by atoms with Gasteiger partial charge < -0.3 is 15.5 Å². The van der Waals surface area contributed by atoms with Crippen molar-refractivity contribution in [1.82, 2.24) is 15.5 Å². The van der Waals surface area contributed by atoms with Gasteiger partial charge in [-0.3, -0.25) is 9.59 Å². The number of carbonyl (C=O) groups is 2. The molecule has 5 nitrogen and oxygen atoms in total. The molecule has 2 saturated heterocycles. The molecule has 0 aliphatic carbocycles. The van der Waals surface area contributed by atoms with E-state index in [1.54, 1.807) is 0 Å². The second kappa shape index (κ2) is 7.07. The van der Waals surface area contributed by atoms with E-state index in [1.807, 2.05) is 11.8 Å².